The van der Waals surface area contributed by atoms with E-state index in [-0.39, 0.29) is 6.61 Å². The summed E-state index contributed by atoms with van der Waals surface area (Å²) in [4.78, 5) is 0. The second-order valence-electron chi connectivity index (χ2n) is 5.34. The van der Waals surface area contributed by atoms with Gasteiger partial charge in [-0.1, -0.05) is 29.3 Å². The Labute approximate surface area is 126 Å². The monoisotopic (exact) mass is 286 g/mol. The molecule has 2 aromatic carbocycles. The highest BCUT2D eigenvalue weighted by Crippen LogP contribution is 2.27. The molecule has 0 saturated heterocycles. The zero-order valence-electron chi connectivity index (χ0n) is 13.0. The number of hydrogen-bond donors (Lipinski definition) is 1. The van der Waals surface area contributed by atoms with Crippen molar-refractivity contribution in [2.75, 3.05) is 13.7 Å². The number of rotatable bonds is 5. The van der Waals surface area contributed by atoms with Crippen molar-refractivity contribution in [3.05, 3.63) is 58.7 Å². The third kappa shape index (κ3) is 3.76. The fourth-order valence-electron chi connectivity index (χ4n) is 2.33. The van der Waals surface area contributed by atoms with E-state index in [4.69, 9.17) is 9.47 Å². The average molecular weight is 286 g/mol. The highest BCUT2D eigenvalue weighted by molar-refractivity contribution is 5.39. The number of benzene rings is 2. The van der Waals surface area contributed by atoms with Gasteiger partial charge in [0.2, 0.25) is 0 Å². The van der Waals surface area contributed by atoms with Crippen LogP contribution in [0.3, 0.4) is 0 Å². The summed E-state index contributed by atoms with van der Waals surface area (Å²) >= 11 is 0. The Bertz CT molecular complexity index is 620. The van der Waals surface area contributed by atoms with Crippen LogP contribution in [0.1, 0.15) is 28.4 Å². The molecule has 0 aliphatic heterocycles. The summed E-state index contributed by atoms with van der Waals surface area (Å²) in [5.41, 5.74) is 4.10. The number of hydrogen-bond acceptors (Lipinski definition) is 3. The van der Waals surface area contributed by atoms with Crippen LogP contribution < -0.4 is 9.47 Å². The Morgan fingerprint density at radius 1 is 0.952 bits per heavy atom. The maximum atomic E-state index is 10.4. The standard InChI is InChI=1S/C18H22O3/c1-12-5-7-17(14(3)9-12)21-11-16(19)15-10-13(2)6-8-18(15)20-4/h5-10,16,19H,11H2,1-4H3. The van der Waals surface area contributed by atoms with E-state index in [1.807, 2.05) is 51.1 Å². The van der Waals surface area contributed by atoms with E-state index in [1.54, 1.807) is 7.11 Å². The molecule has 2 rings (SSSR count). The van der Waals surface area contributed by atoms with Crippen LogP contribution in [0.25, 0.3) is 0 Å². The molecule has 0 radical (unpaired) electrons. The number of ether oxygens (including phenoxy) is 2. The first-order chi connectivity index (χ1) is 10.0. The molecule has 0 heterocycles. The van der Waals surface area contributed by atoms with Crippen molar-refractivity contribution >= 4 is 0 Å². The summed E-state index contributed by atoms with van der Waals surface area (Å²) in [5.74, 6) is 1.48. The van der Waals surface area contributed by atoms with Crippen LogP contribution in [0.5, 0.6) is 11.5 Å². The van der Waals surface area contributed by atoms with E-state index in [9.17, 15) is 5.11 Å². The molecule has 0 aromatic heterocycles. The van der Waals surface area contributed by atoms with Gasteiger partial charge in [0.05, 0.1) is 7.11 Å². The molecule has 112 valence electrons. The van der Waals surface area contributed by atoms with Crippen LogP contribution in [0.4, 0.5) is 0 Å². The van der Waals surface area contributed by atoms with Gasteiger partial charge in [-0.2, -0.15) is 0 Å². The van der Waals surface area contributed by atoms with Gasteiger partial charge >= 0.3 is 0 Å². The Hall–Kier alpha value is -2.00. The topological polar surface area (TPSA) is 38.7 Å². The minimum Gasteiger partial charge on any atom is -0.496 e. The zero-order chi connectivity index (χ0) is 15.4. The molecule has 21 heavy (non-hydrogen) atoms. The van der Waals surface area contributed by atoms with Crippen molar-refractivity contribution in [3.8, 4) is 11.5 Å². The van der Waals surface area contributed by atoms with Crippen LogP contribution in [0.2, 0.25) is 0 Å². The molecule has 1 atom stereocenters. The van der Waals surface area contributed by atoms with Gasteiger partial charge in [0.25, 0.3) is 0 Å². The van der Waals surface area contributed by atoms with Gasteiger partial charge in [0.15, 0.2) is 0 Å². The third-order valence-corrected chi connectivity index (χ3v) is 3.47. The first-order valence-electron chi connectivity index (χ1n) is 7.04. The summed E-state index contributed by atoms with van der Waals surface area (Å²) in [6.45, 7) is 6.23. The van der Waals surface area contributed by atoms with E-state index >= 15 is 0 Å². The van der Waals surface area contributed by atoms with Gasteiger partial charge < -0.3 is 14.6 Å². The van der Waals surface area contributed by atoms with Crippen LogP contribution in [0.15, 0.2) is 36.4 Å². The SMILES string of the molecule is COc1ccc(C)cc1C(O)COc1ccc(C)cc1C. The first kappa shape index (κ1) is 15.4. The van der Waals surface area contributed by atoms with E-state index in [0.29, 0.717) is 5.75 Å². The number of aliphatic hydroxyl groups excluding tert-OH is 1. The molecule has 2 aromatic rings. The predicted octanol–water partition coefficient (Wildman–Crippen LogP) is 3.73. The third-order valence-electron chi connectivity index (χ3n) is 3.47. The molecule has 0 amide bonds. The summed E-state index contributed by atoms with van der Waals surface area (Å²) in [7, 11) is 1.60. The van der Waals surface area contributed by atoms with Gasteiger partial charge in [-0.25, -0.2) is 0 Å². The molecule has 1 N–H and O–H groups in total. The molecule has 0 aliphatic carbocycles. The Morgan fingerprint density at radius 2 is 1.57 bits per heavy atom. The van der Waals surface area contributed by atoms with Crippen molar-refractivity contribution in [3.63, 3.8) is 0 Å². The van der Waals surface area contributed by atoms with Gasteiger partial charge in [-0.3, -0.25) is 0 Å². The van der Waals surface area contributed by atoms with Gasteiger partial charge in [0, 0.05) is 5.56 Å². The quantitative estimate of drug-likeness (QED) is 0.910. The first-order valence-corrected chi connectivity index (χ1v) is 7.04. The maximum absolute atomic E-state index is 10.4. The lowest BCUT2D eigenvalue weighted by Gasteiger charge is -2.17. The fourth-order valence-corrected chi connectivity index (χ4v) is 2.33. The Balaban J connectivity index is 2.11. The number of aliphatic hydroxyl groups is 1. The van der Waals surface area contributed by atoms with Gasteiger partial charge in [0.1, 0.15) is 24.2 Å². The number of methoxy groups -OCH3 is 1. The predicted molar refractivity (Wildman–Crippen MR) is 84.1 cm³/mol. The molecule has 3 heteroatoms. The highest BCUT2D eigenvalue weighted by Gasteiger charge is 2.15. The zero-order valence-corrected chi connectivity index (χ0v) is 13.0. The second kappa shape index (κ2) is 6.64. The van der Waals surface area contributed by atoms with Crippen LogP contribution >= 0.6 is 0 Å². The molecule has 3 nitrogen and oxygen atoms in total. The summed E-state index contributed by atoms with van der Waals surface area (Å²) < 4.78 is 11.0. The van der Waals surface area contributed by atoms with Crippen molar-refractivity contribution < 1.29 is 14.6 Å². The second-order valence-corrected chi connectivity index (χ2v) is 5.34. The van der Waals surface area contributed by atoms with Crippen molar-refractivity contribution in [1.29, 1.82) is 0 Å². The maximum Gasteiger partial charge on any atom is 0.124 e. The molecule has 0 spiro atoms. The normalized spacial score (nSPS) is 12.0. The van der Waals surface area contributed by atoms with E-state index < -0.39 is 6.10 Å². The van der Waals surface area contributed by atoms with Crippen LogP contribution in [0, 0.1) is 20.8 Å². The average Bonchev–Trinajstić information content (AvgIpc) is 2.46. The minimum absolute atomic E-state index is 0.198. The lowest BCUT2D eigenvalue weighted by Crippen LogP contribution is -2.11. The fraction of sp³-hybridized carbons (Fsp3) is 0.333. The van der Waals surface area contributed by atoms with Crippen LogP contribution in [-0.4, -0.2) is 18.8 Å². The van der Waals surface area contributed by atoms with Crippen molar-refractivity contribution in [2.45, 2.75) is 26.9 Å². The van der Waals surface area contributed by atoms with Crippen LogP contribution in [-0.2, 0) is 0 Å². The molecule has 0 fully saturated rings. The lowest BCUT2D eigenvalue weighted by molar-refractivity contribution is 0.105. The molecule has 1 unspecified atom stereocenters. The van der Waals surface area contributed by atoms with E-state index in [1.165, 1.54) is 5.56 Å². The molecular formula is C18H22O3. The smallest absolute Gasteiger partial charge is 0.124 e. The van der Waals surface area contributed by atoms with Crippen molar-refractivity contribution in [2.24, 2.45) is 0 Å². The minimum atomic E-state index is -0.722. The highest BCUT2D eigenvalue weighted by atomic mass is 16.5. The summed E-state index contributed by atoms with van der Waals surface area (Å²) in [6.07, 6.45) is -0.722. The summed E-state index contributed by atoms with van der Waals surface area (Å²) in [5, 5.41) is 10.4. The molecule has 0 aliphatic rings. The largest absolute Gasteiger partial charge is 0.496 e. The van der Waals surface area contributed by atoms with E-state index in [0.717, 1.165) is 22.4 Å². The van der Waals surface area contributed by atoms with Crippen molar-refractivity contribution in [1.82, 2.24) is 0 Å². The van der Waals surface area contributed by atoms with Gasteiger partial charge in [-0.15, -0.1) is 0 Å². The van der Waals surface area contributed by atoms with E-state index in [2.05, 4.69) is 6.07 Å². The lowest BCUT2D eigenvalue weighted by atomic mass is 10.1. The Kier molecular flexibility index (Phi) is 4.86. The van der Waals surface area contributed by atoms with Gasteiger partial charge in [-0.05, 0) is 44.5 Å². The Morgan fingerprint density at radius 3 is 2.19 bits per heavy atom. The molecular weight excluding hydrogens is 264 g/mol. The number of aryl methyl sites for hydroxylation is 3. The molecule has 0 saturated carbocycles. The molecule has 0 bridgehead atoms. The summed E-state index contributed by atoms with van der Waals surface area (Å²) in [6, 6.07) is 11.8.